The minimum atomic E-state index is -0.0250. The summed E-state index contributed by atoms with van der Waals surface area (Å²) in [5, 5.41) is 7.78. The van der Waals surface area contributed by atoms with Gasteiger partial charge in [0.15, 0.2) is 0 Å². The van der Waals surface area contributed by atoms with Crippen molar-refractivity contribution < 1.29 is 4.79 Å². The molecule has 1 aromatic carbocycles. The molecule has 1 heterocycles. The van der Waals surface area contributed by atoms with E-state index in [1.165, 1.54) is 0 Å². The average molecular weight is 292 g/mol. The number of benzene rings is 1. The molecule has 106 valence electrons. The van der Waals surface area contributed by atoms with Crippen LogP contribution in [0.3, 0.4) is 0 Å². The van der Waals surface area contributed by atoms with Crippen LogP contribution in [-0.2, 0) is 11.3 Å². The van der Waals surface area contributed by atoms with Gasteiger partial charge >= 0.3 is 0 Å². The lowest BCUT2D eigenvalue weighted by Gasteiger charge is -2.09. The van der Waals surface area contributed by atoms with Crippen LogP contribution in [0.15, 0.2) is 24.4 Å². The lowest BCUT2D eigenvalue weighted by molar-refractivity contribution is -0.116. The van der Waals surface area contributed by atoms with E-state index in [4.69, 9.17) is 11.6 Å². The summed E-state index contributed by atoms with van der Waals surface area (Å²) in [6.45, 7) is 6.34. The minimum Gasteiger partial charge on any atom is -0.326 e. The largest absolute Gasteiger partial charge is 0.326 e. The fourth-order valence-corrected chi connectivity index (χ4v) is 2.06. The third-order valence-electron chi connectivity index (χ3n) is 3.12. The second kappa shape index (κ2) is 6.09. The Morgan fingerprint density at radius 3 is 2.75 bits per heavy atom. The molecule has 0 fully saturated rings. The van der Waals surface area contributed by atoms with Gasteiger partial charge in [0.1, 0.15) is 0 Å². The zero-order chi connectivity index (χ0) is 14.7. The van der Waals surface area contributed by atoms with Gasteiger partial charge in [-0.15, -0.1) is 0 Å². The average Bonchev–Trinajstić information content (AvgIpc) is 2.71. The van der Waals surface area contributed by atoms with Crippen LogP contribution in [0, 0.1) is 20.8 Å². The number of halogens is 1. The van der Waals surface area contributed by atoms with Crippen molar-refractivity contribution in [1.82, 2.24) is 9.78 Å². The Bertz CT molecular complexity index is 615. The number of hydrogen-bond donors (Lipinski definition) is 1. The molecule has 0 radical (unpaired) electrons. The van der Waals surface area contributed by atoms with E-state index in [-0.39, 0.29) is 5.91 Å². The molecule has 0 saturated heterocycles. The Labute approximate surface area is 123 Å². The van der Waals surface area contributed by atoms with Crippen molar-refractivity contribution in [3.63, 3.8) is 0 Å². The third-order valence-corrected chi connectivity index (χ3v) is 3.49. The molecule has 0 aliphatic carbocycles. The third kappa shape index (κ3) is 3.61. The Kier molecular flexibility index (Phi) is 4.45. The molecule has 2 rings (SSSR count). The molecule has 1 N–H and O–H groups in total. The van der Waals surface area contributed by atoms with Gasteiger partial charge in [-0.05, 0) is 38.0 Å². The molecule has 0 atom stereocenters. The van der Waals surface area contributed by atoms with E-state index < -0.39 is 0 Å². The maximum Gasteiger partial charge on any atom is 0.226 e. The topological polar surface area (TPSA) is 46.9 Å². The molecule has 4 nitrogen and oxygen atoms in total. The van der Waals surface area contributed by atoms with Crippen molar-refractivity contribution in [1.29, 1.82) is 0 Å². The molecule has 1 amide bonds. The van der Waals surface area contributed by atoms with Crippen LogP contribution >= 0.6 is 11.6 Å². The van der Waals surface area contributed by atoms with Crippen molar-refractivity contribution >= 4 is 23.2 Å². The van der Waals surface area contributed by atoms with Crippen LogP contribution in [0.4, 0.5) is 5.69 Å². The van der Waals surface area contributed by atoms with Gasteiger partial charge in [-0.2, -0.15) is 5.10 Å². The van der Waals surface area contributed by atoms with E-state index in [1.54, 1.807) is 10.9 Å². The number of carbonyl (C=O) groups is 1. The highest BCUT2D eigenvalue weighted by Gasteiger charge is 2.07. The lowest BCUT2D eigenvalue weighted by atomic mass is 10.1. The number of carbonyl (C=O) groups excluding carboxylic acids is 1. The van der Waals surface area contributed by atoms with Crippen LogP contribution in [-0.4, -0.2) is 15.7 Å². The second-order valence-corrected chi connectivity index (χ2v) is 5.35. The predicted molar refractivity (Wildman–Crippen MR) is 81.1 cm³/mol. The predicted octanol–water partition coefficient (Wildman–Crippen LogP) is 3.49. The van der Waals surface area contributed by atoms with Crippen LogP contribution < -0.4 is 5.32 Å². The van der Waals surface area contributed by atoms with Crippen LogP contribution in [0.25, 0.3) is 0 Å². The summed E-state index contributed by atoms with van der Waals surface area (Å²) < 4.78 is 1.69. The Balaban J connectivity index is 1.94. The van der Waals surface area contributed by atoms with E-state index in [0.29, 0.717) is 18.0 Å². The fourth-order valence-electron chi connectivity index (χ4n) is 1.91. The van der Waals surface area contributed by atoms with Crippen molar-refractivity contribution in [2.24, 2.45) is 0 Å². The SMILES string of the molecule is Cc1ccc(C)c(NC(=O)CCn2cc(Cl)c(C)n2)c1. The zero-order valence-corrected chi connectivity index (χ0v) is 12.7. The molecule has 0 bridgehead atoms. The summed E-state index contributed by atoms with van der Waals surface area (Å²) in [6, 6.07) is 6.00. The molecule has 5 heteroatoms. The second-order valence-electron chi connectivity index (χ2n) is 4.94. The number of amides is 1. The summed E-state index contributed by atoms with van der Waals surface area (Å²) in [5.74, 6) is -0.0250. The Morgan fingerprint density at radius 1 is 1.35 bits per heavy atom. The number of rotatable bonds is 4. The molecule has 0 saturated carbocycles. The van der Waals surface area contributed by atoms with Crippen molar-refractivity contribution in [2.75, 3.05) is 5.32 Å². The lowest BCUT2D eigenvalue weighted by Crippen LogP contribution is -2.15. The summed E-state index contributed by atoms with van der Waals surface area (Å²) in [6.07, 6.45) is 2.10. The van der Waals surface area contributed by atoms with E-state index >= 15 is 0 Å². The number of aromatic nitrogens is 2. The quantitative estimate of drug-likeness (QED) is 0.937. The van der Waals surface area contributed by atoms with Crippen molar-refractivity contribution in [2.45, 2.75) is 33.7 Å². The molecule has 2 aromatic rings. The minimum absolute atomic E-state index is 0.0250. The summed E-state index contributed by atoms with van der Waals surface area (Å²) >= 11 is 5.93. The van der Waals surface area contributed by atoms with Gasteiger partial charge in [0.2, 0.25) is 5.91 Å². The first kappa shape index (κ1) is 14.6. The number of anilines is 1. The molecule has 20 heavy (non-hydrogen) atoms. The highest BCUT2D eigenvalue weighted by Crippen LogP contribution is 2.17. The molecule has 0 unspecified atom stereocenters. The van der Waals surface area contributed by atoms with Crippen LogP contribution in [0.2, 0.25) is 5.02 Å². The van der Waals surface area contributed by atoms with Crippen LogP contribution in [0.5, 0.6) is 0 Å². The van der Waals surface area contributed by atoms with Gasteiger partial charge < -0.3 is 5.32 Å². The maximum atomic E-state index is 12.0. The summed E-state index contributed by atoms with van der Waals surface area (Å²) in [4.78, 5) is 12.0. The van der Waals surface area contributed by atoms with E-state index in [0.717, 1.165) is 22.5 Å². The highest BCUT2D eigenvalue weighted by atomic mass is 35.5. The van der Waals surface area contributed by atoms with E-state index in [9.17, 15) is 4.79 Å². The molecule has 1 aromatic heterocycles. The zero-order valence-electron chi connectivity index (χ0n) is 11.9. The highest BCUT2D eigenvalue weighted by molar-refractivity contribution is 6.31. The fraction of sp³-hybridized carbons (Fsp3) is 0.333. The van der Waals surface area contributed by atoms with Gasteiger partial charge in [-0.1, -0.05) is 23.7 Å². The molecular formula is C15H18ClN3O. The maximum absolute atomic E-state index is 12.0. The van der Waals surface area contributed by atoms with E-state index in [2.05, 4.69) is 10.4 Å². The normalized spacial score (nSPS) is 10.6. The monoisotopic (exact) mass is 291 g/mol. The van der Waals surface area contributed by atoms with Gasteiger partial charge in [0.25, 0.3) is 0 Å². The van der Waals surface area contributed by atoms with Gasteiger partial charge in [-0.3, -0.25) is 9.48 Å². The standard InChI is InChI=1S/C15H18ClN3O/c1-10-4-5-11(2)14(8-10)17-15(20)6-7-19-9-13(16)12(3)18-19/h4-5,8-9H,6-7H2,1-3H3,(H,17,20). The smallest absolute Gasteiger partial charge is 0.226 e. The number of hydrogen-bond acceptors (Lipinski definition) is 2. The Morgan fingerprint density at radius 2 is 2.10 bits per heavy atom. The number of aryl methyl sites for hydroxylation is 4. The first-order valence-electron chi connectivity index (χ1n) is 6.52. The first-order chi connectivity index (χ1) is 9.45. The Hall–Kier alpha value is -1.81. The molecule has 0 aliphatic heterocycles. The van der Waals surface area contributed by atoms with Gasteiger partial charge in [0.05, 0.1) is 10.7 Å². The number of nitrogens with one attached hydrogen (secondary N) is 1. The van der Waals surface area contributed by atoms with Gasteiger partial charge in [0, 0.05) is 24.8 Å². The van der Waals surface area contributed by atoms with E-state index in [1.807, 2.05) is 39.0 Å². The molecular weight excluding hydrogens is 274 g/mol. The summed E-state index contributed by atoms with van der Waals surface area (Å²) in [5.41, 5.74) is 3.83. The molecule has 0 aliphatic rings. The molecule has 0 spiro atoms. The van der Waals surface area contributed by atoms with Gasteiger partial charge in [-0.25, -0.2) is 0 Å². The van der Waals surface area contributed by atoms with Crippen LogP contribution in [0.1, 0.15) is 23.2 Å². The van der Waals surface area contributed by atoms with Crippen molar-refractivity contribution in [3.05, 3.63) is 46.2 Å². The number of nitrogens with zero attached hydrogens (tertiary/aromatic N) is 2. The van der Waals surface area contributed by atoms with Crippen molar-refractivity contribution in [3.8, 4) is 0 Å². The first-order valence-corrected chi connectivity index (χ1v) is 6.90. The summed E-state index contributed by atoms with van der Waals surface area (Å²) in [7, 11) is 0.